The van der Waals surface area contributed by atoms with Gasteiger partial charge in [-0.1, -0.05) is 29.3 Å². The first kappa shape index (κ1) is 14.6. The molecule has 112 valence electrons. The first-order chi connectivity index (χ1) is 10.1. The molecule has 0 aliphatic heterocycles. The van der Waals surface area contributed by atoms with Gasteiger partial charge in [0.1, 0.15) is 23.2 Å². The van der Waals surface area contributed by atoms with Crippen LogP contribution in [0.15, 0.2) is 22.7 Å². The van der Waals surface area contributed by atoms with E-state index in [4.69, 9.17) is 5.73 Å². The van der Waals surface area contributed by atoms with Crippen LogP contribution in [0, 0.1) is 5.82 Å². The summed E-state index contributed by atoms with van der Waals surface area (Å²) in [4.78, 5) is 4.67. The number of anilines is 1. The zero-order chi connectivity index (χ0) is 15.0. The van der Waals surface area contributed by atoms with E-state index in [0.29, 0.717) is 23.0 Å². The van der Waals surface area contributed by atoms with Crippen molar-refractivity contribution in [3.63, 3.8) is 0 Å². The van der Waals surface area contributed by atoms with Crippen molar-refractivity contribution in [1.82, 2.24) is 9.55 Å². The van der Waals surface area contributed by atoms with E-state index in [0.717, 1.165) is 42.5 Å². The molecule has 0 atom stereocenters. The second-order valence-corrected chi connectivity index (χ2v) is 6.52. The maximum Gasteiger partial charge on any atom is 0.133 e. The van der Waals surface area contributed by atoms with Gasteiger partial charge in [0.25, 0.3) is 0 Å². The van der Waals surface area contributed by atoms with E-state index in [9.17, 15) is 4.39 Å². The summed E-state index contributed by atoms with van der Waals surface area (Å²) in [6.07, 6.45) is 4.47. The van der Waals surface area contributed by atoms with Crippen molar-refractivity contribution >= 4 is 21.7 Å². The number of nitrogen functional groups attached to an aromatic ring is 1. The van der Waals surface area contributed by atoms with E-state index in [-0.39, 0.29) is 5.82 Å². The van der Waals surface area contributed by atoms with Crippen LogP contribution in [0.4, 0.5) is 10.2 Å². The number of halogens is 2. The average Bonchev–Trinajstić information content (AvgIpc) is 3.23. The Morgan fingerprint density at radius 1 is 1.43 bits per heavy atom. The Kier molecular flexibility index (Phi) is 4.02. The molecular formula is C16H19BrFN3. The lowest BCUT2D eigenvalue weighted by atomic mass is 10.1. The smallest absolute Gasteiger partial charge is 0.133 e. The summed E-state index contributed by atoms with van der Waals surface area (Å²) in [5.74, 6) is 1.82. The van der Waals surface area contributed by atoms with Crippen molar-refractivity contribution in [2.75, 3.05) is 5.73 Å². The van der Waals surface area contributed by atoms with Gasteiger partial charge in [-0.3, -0.25) is 0 Å². The Hall–Kier alpha value is -1.36. The van der Waals surface area contributed by atoms with Crippen molar-refractivity contribution in [2.24, 2.45) is 0 Å². The standard InChI is InChI=1S/C16H19BrFN3/c1-2-3-8-21-15(19)14(20-16(21)10-4-5-10)12-7-6-11(17)9-13(12)18/h6-7,9-10H,2-5,8,19H2,1H3. The molecule has 0 saturated heterocycles. The van der Waals surface area contributed by atoms with E-state index in [1.54, 1.807) is 6.07 Å². The van der Waals surface area contributed by atoms with Gasteiger partial charge in [-0.25, -0.2) is 9.37 Å². The highest BCUT2D eigenvalue weighted by Gasteiger charge is 2.31. The predicted molar refractivity (Wildman–Crippen MR) is 86.6 cm³/mol. The van der Waals surface area contributed by atoms with Gasteiger partial charge in [-0.05, 0) is 37.5 Å². The highest BCUT2D eigenvalue weighted by atomic mass is 79.9. The second kappa shape index (κ2) is 5.79. The third-order valence-electron chi connectivity index (χ3n) is 3.90. The fraction of sp³-hybridized carbons (Fsp3) is 0.438. The fourth-order valence-corrected chi connectivity index (χ4v) is 2.90. The lowest BCUT2D eigenvalue weighted by Gasteiger charge is -2.08. The summed E-state index contributed by atoms with van der Waals surface area (Å²) in [7, 11) is 0. The summed E-state index contributed by atoms with van der Waals surface area (Å²) in [6, 6.07) is 5.01. The molecular weight excluding hydrogens is 333 g/mol. The third kappa shape index (κ3) is 2.84. The number of unbranched alkanes of at least 4 members (excludes halogenated alkanes) is 1. The molecule has 5 heteroatoms. The Balaban J connectivity index is 2.06. The number of nitrogens with zero attached hydrogens (tertiary/aromatic N) is 2. The molecule has 1 aliphatic carbocycles. The number of benzene rings is 1. The van der Waals surface area contributed by atoms with Gasteiger partial charge in [0.05, 0.1) is 0 Å². The van der Waals surface area contributed by atoms with Crippen molar-refractivity contribution in [3.8, 4) is 11.3 Å². The summed E-state index contributed by atoms with van der Waals surface area (Å²) >= 11 is 3.28. The first-order valence-corrected chi connectivity index (χ1v) is 8.22. The predicted octanol–water partition coefficient (Wildman–Crippen LogP) is 4.71. The van der Waals surface area contributed by atoms with Crippen molar-refractivity contribution < 1.29 is 4.39 Å². The normalized spacial score (nSPS) is 14.6. The van der Waals surface area contributed by atoms with Crippen LogP contribution >= 0.6 is 15.9 Å². The molecule has 0 spiro atoms. The monoisotopic (exact) mass is 351 g/mol. The third-order valence-corrected chi connectivity index (χ3v) is 4.39. The number of rotatable bonds is 5. The molecule has 21 heavy (non-hydrogen) atoms. The topological polar surface area (TPSA) is 43.8 Å². The summed E-state index contributed by atoms with van der Waals surface area (Å²) in [5, 5.41) is 0. The molecule has 1 fully saturated rings. The van der Waals surface area contributed by atoms with Crippen LogP contribution < -0.4 is 5.73 Å². The molecule has 2 aromatic rings. The van der Waals surface area contributed by atoms with Crippen LogP contribution in [0.3, 0.4) is 0 Å². The van der Waals surface area contributed by atoms with Gasteiger partial charge >= 0.3 is 0 Å². The fourth-order valence-electron chi connectivity index (χ4n) is 2.57. The van der Waals surface area contributed by atoms with Crippen LogP contribution in [0.2, 0.25) is 0 Å². The van der Waals surface area contributed by atoms with Crippen LogP contribution in [0.25, 0.3) is 11.3 Å². The minimum Gasteiger partial charge on any atom is -0.383 e. The van der Waals surface area contributed by atoms with E-state index in [1.807, 2.05) is 6.07 Å². The molecule has 1 heterocycles. The molecule has 3 rings (SSSR count). The van der Waals surface area contributed by atoms with E-state index in [1.165, 1.54) is 6.07 Å². The zero-order valence-electron chi connectivity index (χ0n) is 12.1. The molecule has 0 radical (unpaired) electrons. The largest absolute Gasteiger partial charge is 0.383 e. The summed E-state index contributed by atoms with van der Waals surface area (Å²) in [5.41, 5.74) is 7.33. The summed E-state index contributed by atoms with van der Waals surface area (Å²) < 4.78 is 17.0. The number of nitrogens with two attached hydrogens (primary N) is 1. The maximum absolute atomic E-state index is 14.2. The zero-order valence-corrected chi connectivity index (χ0v) is 13.7. The number of aromatic nitrogens is 2. The molecule has 2 N–H and O–H groups in total. The van der Waals surface area contributed by atoms with Crippen LogP contribution in [-0.2, 0) is 6.54 Å². The van der Waals surface area contributed by atoms with Gasteiger partial charge in [-0.15, -0.1) is 0 Å². The molecule has 3 nitrogen and oxygen atoms in total. The highest BCUT2D eigenvalue weighted by Crippen LogP contribution is 2.42. The van der Waals surface area contributed by atoms with Crippen LogP contribution in [0.1, 0.15) is 44.3 Å². The molecule has 0 bridgehead atoms. The number of hydrogen-bond acceptors (Lipinski definition) is 2. The van der Waals surface area contributed by atoms with Crippen molar-refractivity contribution in [1.29, 1.82) is 0 Å². The van der Waals surface area contributed by atoms with E-state index >= 15 is 0 Å². The van der Waals surface area contributed by atoms with Crippen molar-refractivity contribution in [2.45, 2.75) is 45.1 Å². The highest BCUT2D eigenvalue weighted by molar-refractivity contribution is 9.10. The quantitative estimate of drug-likeness (QED) is 0.847. The van der Waals surface area contributed by atoms with E-state index in [2.05, 4.69) is 32.4 Å². The lowest BCUT2D eigenvalue weighted by molar-refractivity contribution is 0.609. The van der Waals surface area contributed by atoms with Crippen LogP contribution in [-0.4, -0.2) is 9.55 Å². The Bertz CT molecular complexity index is 662. The molecule has 1 aromatic heterocycles. The Labute approximate surface area is 132 Å². The molecule has 1 aliphatic rings. The molecule has 1 aromatic carbocycles. The second-order valence-electron chi connectivity index (χ2n) is 5.61. The Morgan fingerprint density at radius 3 is 2.81 bits per heavy atom. The van der Waals surface area contributed by atoms with Gasteiger partial charge in [0.2, 0.25) is 0 Å². The minimum absolute atomic E-state index is 0.293. The molecule has 0 unspecified atom stereocenters. The number of imidazole rings is 1. The average molecular weight is 352 g/mol. The minimum atomic E-state index is -0.293. The Morgan fingerprint density at radius 2 is 2.19 bits per heavy atom. The van der Waals surface area contributed by atoms with Gasteiger partial charge in [0.15, 0.2) is 0 Å². The molecule has 1 saturated carbocycles. The maximum atomic E-state index is 14.2. The van der Waals surface area contributed by atoms with E-state index < -0.39 is 0 Å². The SMILES string of the molecule is CCCCn1c(C2CC2)nc(-c2ccc(Br)cc2F)c1N. The lowest BCUT2D eigenvalue weighted by Crippen LogP contribution is -2.06. The van der Waals surface area contributed by atoms with Gasteiger partial charge in [-0.2, -0.15) is 0 Å². The van der Waals surface area contributed by atoms with Crippen LogP contribution in [0.5, 0.6) is 0 Å². The van der Waals surface area contributed by atoms with Crippen molar-refractivity contribution in [3.05, 3.63) is 34.3 Å². The van der Waals surface area contributed by atoms with Gasteiger partial charge in [0, 0.05) is 22.5 Å². The first-order valence-electron chi connectivity index (χ1n) is 7.43. The van der Waals surface area contributed by atoms with Gasteiger partial charge < -0.3 is 10.3 Å². The molecule has 0 amide bonds. The number of hydrogen-bond donors (Lipinski definition) is 1. The summed E-state index contributed by atoms with van der Waals surface area (Å²) in [6.45, 7) is 3.01.